The van der Waals surface area contributed by atoms with E-state index in [4.69, 9.17) is 9.63 Å². The number of carboxylic acid groups (broad SMARTS) is 1. The molecular weight excluding hydrogens is 252 g/mol. The summed E-state index contributed by atoms with van der Waals surface area (Å²) in [5.41, 5.74) is 0.867. The molecule has 0 unspecified atom stereocenters. The predicted octanol–water partition coefficient (Wildman–Crippen LogP) is 1.96. The molecule has 0 aliphatic heterocycles. The van der Waals surface area contributed by atoms with E-state index >= 15 is 0 Å². The van der Waals surface area contributed by atoms with Crippen molar-refractivity contribution in [2.45, 2.75) is 26.4 Å². The molecular formula is C12H14N2O3S. The number of aromatic nitrogens is 1. The zero-order valence-electron chi connectivity index (χ0n) is 9.97. The summed E-state index contributed by atoms with van der Waals surface area (Å²) in [7, 11) is 0. The topological polar surface area (TPSA) is 75.4 Å². The van der Waals surface area contributed by atoms with Crippen LogP contribution in [0.3, 0.4) is 0 Å². The summed E-state index contributed by atoms with van der Waals surface area (Å²) in [5.74, 6) is 0.00306. The van der Waals surface area contributed by atoms with Gasteiger partial charge in [0.05, 0.1) is 18.7 Å². The minimum Gasteiger partial charge on any atom is -0.481 e. The highest BCUT2D eigenvalue weighted by Gasteiger charge is 2.05. The van der Waals surface area contributed by atoms with Crippen molar-refractivity contribution < 1.29 is 14.4 Å². The molecule has 5 nitrogen and oxygen atoms in total. The molecule has 0 aromatic carbocycles. The maximum absolute atomic E-state index is 10.6. The number of rotatable bonds is 6. The van der Waals surface area contributed by atoms with Gasteiger partial charge in [0, 0.05) is 22.4 Å². The molecule has 2 heterocycles. The molecule has 0 aliphatic rings. The van der Waals surface area contributed by atoms with Crippen LogP contribution in [0.15, 0.2) is 22.7 Å². The van der Waals surface area contributed by atoms with Gasteiger partial charge in [0.25, 0.3) is 0 Å². The Labute approximate surface area is 108 Å². The maximum atomic E-state index is 10.6. The quantitative estimate of drug-likeness (QED) is 0.836. The molecule has 0 saturated heterocycles. The Hall–Kier alpha value is -1.66. The number of hydrogen-bond donors (Lipinski definition) is 2. The molecule has 0 saturated carbocycles. The van der Waals surface area contributed by atoms with Gasteiger partial charge in [0.1, 0.15) is 0 Å². The number of carboxylic acids is 1. The molecule has 6 heteroatoms. The van der Waals surface area contributed by atoms with Crippen LogP contribution in [0.1, 0.15) is 21.2 Å². The third-order valence-corrected chi connectivity index (χ3v) is 3.40. The Morgan fingerprint density at radius 2 is 2.22 bits per heavy atom. The molecule has 0 fully saturated rings. The highest BCUT2D eigenvalue weighted by atomic mass is 32.1. The Morgan fingerprint density at radius 1 is 1.44 bits per heavy atom. The van der Waals surface area contributed by atoms with Crippen molar-refractivity contribution in [3.8, 4) is 0 Å². The van der Waals surface area contributed by atoms with Gasteiger partial charge in [0.15, 0.2) is 5.76 Å². The van der Waals surface area contributed by atoms with Gasteiger partial charge in [-0.05, 0) is 19.1 Å². The van der Waals surface area contributed by atoms with Gasteiger partial charge in [-0.15, -0.1) is 11.3 Å². The summed E-state index contributed by atoms with van der Waals surface area (Å²) in [4.78, 5) is 12.5. The summed E-state index contributed by atoms with van der Waals surface area (Å²) in [6.07, 6.45) is 0.0893. The third-order valence-electron chi connectivity index (χ3n) is 2.32. The van der Waals surface area contributed by atoms with Crippen molar-refractivity contribution in [3.05, 3.63) is 39.4 Å². The van der Waals surface area contributed by atoms with E-state index in [1.807, 2.05) is 25.1 Å². The minimum absolute atomic E-state index is 0.0893. The maximum Gasteiger partial charge on any atom is 0.308 e. The molecule has 0 amide bonds. The van der Waals surface area contributed by atoms with Crippen molar-refractivity contribution in [1.82, 2.24) is 10.5 Å². The van der Waals surface area contributed by atoms with E-state index in [0.717, 1.165) is 21.2 Å². The first kappa shape index (κ1) is 12.8. The smallest absolute Gasteiger partial charge is 0.308 e. The zero-order valence-corrected chi connectivity index (χ0v) is 10.8. The number of nitrogens with zero attached hydrogens (tertiary/aromatic N) is 1. The molecule has 0 atom stereocenters. The van der Waals surface area contributed by atoms with Gasteiger partial charge in [-0.2, -0.15) is 0 Å². The molecule has 96 valence electrons. The van der Waals surface area contributed by atoms with Gasteiger partial charge < -0.3 is 14.9 Å². The van der Waals surface area contributed by atoms with Crippen LogP contribution >= 0.6 is 11.3 Å². The molecule has 2 N–H and O–H groups in total. The first-order chi connectivity index (χ1) is 8.63. The first-order valence-electron chi connectivity index (χ1n) is 5.56. The molecule has 0 aliphatic carbocycles. The summed E-state index contributed by atoms with van der Waals surface area (Å²) in [6.45, 7) is 3.20. The van der Waals surface area contributed by atoms with E-state index in [9.17, 15) is 4.79 Å². The highest BCUT2D eigenvalue weighted by Crippen LogP contribution is 2.17. The predicted molar refractivity (Wildman–Crippen MR) is 67.4 cm³/mol. The van der Waals surface area contributed by atoms with Crippen molar-refractivity contribution in [1.29, 1.82) is 0 Å². The number of hydrogen-bond acceptors (Lipinski definition) is 5. The molecule has 0 bridgehead atoms. The van der Waals surface area contributed by atoms with Gasteiger partial charge in [-0.3, -0.25) is 4.79 Å². The van der Waals surface area contributed by atoms with Gasteiger partial charge in [0.2, 0.25) is 0 Å². The van der Waals surface area contributed by atoms with Crippen molar-refractivity contribution in [2.24, 2.45) is 0 Å². The van der Waals surface area contributed by atoms with Crippen molar-refractivity contribution in [2.75, 3.05) is 0 Å². The third kappa shape index (κ3) is 3.68. The molecule has 2 rings (SSSR count). The molecule has 0 spiro atoms. The summed E-state index contributed by atoms with van der Waals surface area (Å²) in [5, 5.41) is 15.7. The van der Waals surface area contributed by atoms with Crippen LogP contribution in [0.5, 0.6) is 0 Å². The molecule has 2 aromatic rings. The van der Waals surface area contributed by atoms with Crippen LogP contribution in [0.25, 0.3) is 0 Å². The fraction of sp³-hybridized carbons (Fsp3) is 0.333. The zero-order chi connectivity index (χ0) is 13.0. The van der Waals surface area contributed by atoms with Crippen LogP contribution in [0.4, 0.5) is 0 Å². The lowest BCUT2D eigenvalue weighted by atomic mass is 10.3. The lowest BCUT2D eigenvalue weighted by Crippen LogP contribution is -2.11. The van der Waals surface area contributed by atoms with Gasteiger partial charge in [-0.1, -0.05) is 5.16 Å². The lowest BCUT2D eigenvalue weighted by molar-refractivity contribution is -0.136. The van der Waals surface area contributed by atoms with Crippen LogP contribution in [0.2, 0.25) is 0 Å². The SMILES string of the molecule is Cc1cc(CNCc2ccc(CC(=O)O)s2)on1. The standard InChI is InChI=1S/C12H14N2O3S/c1-8-4-9(17-14-8)6-13-7-11-3-2-10(18-11)5-12(15)16/h2-4,13H,5-7H2,1H3,(H,15,16). The normalized spacial score (nSPS) is 10.7. The summed E-state index contributed by atoms with van der Waals surface area (Å²) in [6, 6.07) is 5.69. The number of nitrogens with one attached hydrogen (secondary N) is 1. The fourth-order valence-corrected chi connectivity index (χ4v) is 2.55. The van der Waals surface area contributed by atoms with E-state index in [1.165, 1.54) is 11.3 Å². The van der Waals surface area contributed by atoms with E-state index in [-0.39, 0.29) is 6.42 Å². The van der Waals surface area contributed by atoms with Crippen LogP contribution in [-0.2, 0) is 24.3 Å². The summed E-state index contributed by atoms with van der Waals surface area (Å²) >= 11 is 1.51. The number of thiophene rings is 1. The second kappa shape index (κ2) is 5.79. The summed E-state index contributed by atoms with van der Waals surface area (Å²) < 4.78 is 5.07. The Bertz CT molecular complexity index is 533. The molecule has 2 aromatic heterocycles. The van der Waals surface area contributed by atoms with Crippen LogP contribution < -0.4 is 5.32 Å². The first-order valence-corrected chi connectivity index (χ1v) is 6.37. The molecule has 18 heavy (non-hydrogen) atoms. The van der Waals surface area contributed by atoms with Crippen molar-refractivity contribution in [3.63, 3.8) is 0 Å². The Morgan fingerprint density at radius 3 is 2.89 bits per heavy atom. The van der Waals surface area contributed by atoms with Crippen molar-refractivity contribution >= 4 is 17.3 Å². The van der Waals surface area contributed by atoms with Crippen LogP contribution in [0, 0.1) is 6.92 Å². The highest BCUT2D eigenvalue weighted by molar-refractivity contribution is 7.12. The van der Waals surface area contributed by atoms with Gasteiger partial charge in [-0.25, -0.2) is 0 Å². The van der Waals surface area contributed by atoms with E-state index < -0.39 is 5.97 Å². The van der Waals surface area contributed by atoms with E-state index in [0.29, 0.717) is 13.1 Å². The number of carbonyl (C=O) groups is 1. The Balaban J connectivity index is 1.79. The average molecular weight is 266 g/mol. The lowest BCUT2D eigenvalue weighted by Gasteiger charge is -1.98. The van der Waals surface area contributed by atoms with Gasteiger partial charge >= 0.3 is 5.97 Å². The molecule has 0 radical (unpaired) electrons. The van der Waals surface area contributed by atoms with E-state index in [1.54, 1.807) is 0 Å². The second-order valence-corrected chi connectivity index (χ2v) is 5.23. The van der Waals surface area contributed by atoms with Crippen LogP contribution in [-0.4, -0.2) is 16.2 Å². The van der Waals surface area contributed by atoms with E-state index in [2.05, 4.69) is 10.5 Å². The Kier molecular flexibility index (Phi) is 4.11. The number of aryl methyl sites for hydroxylation is 1. The largest absolute Gasteiger partial charge is 0.481 e. The second-order valence-electron chi connectivity index (χ2n) is 3.98. The minimum atomic E-state index is -0.798. The fourth-order valence-electron chi connectivity index (χ4n) is 1.57. The number of aliphatic carboxylic acids is 1. The average Bonchev–Trinajstić information content (AvgIpc) is 2.88. The monoisotopic (exact) mass is 266 g/mol.